The molecule has 4 aromatic carbocycles. The average Bonchev–Trinajstić information content (AvgIpc) is 2.86. The summed E-state index contributed by atoms with van der Waals surface area (Å²) in [6.45, 7) is 4.97. The van der Waals surface area contributed by atoms with Crippen molar-refractivity contribution in [2.75, 3.05) is 0 Å². The van der Waals surface area contributed by atoms with Crippen LogP contribution in [-0.2, 0) is 18.2 Å². The van der Waals surface area contributed by atoms with Gasteiger partial charge in [0.15, 0.2) is 0 Å². The van der Waals surface area contributed by atoms with E-state index in [-0.39, 0.29) is 11.0 Å². The predicted octanol–water partition coefficient (Wildman–Crippen LogP) is 8.01. The van der Waals surface area contributed by atoms with Crippen molar-refractivity contribution in [2.45, 2.75) is 44.9 Å². The minimum absolute atomic E-state index is 0.129. The molecule has 4 rings (SSSR count). The Hall–Kier alpha value is -2.96. The predicted molar refractivity (Wildman–Crippen MR) is 143 cm³/mol. The second-order valence-corrected chi connectivity index (χ2v) is 10.8. The average molecular weight is 471 g/mol. The van der Waals surface area contributed by atoms with Gasteiger partial charge >= 0.3 is 0 Å². The summed E-state index contributed by atoms with van der Waals surface area (Å²) in [7, 11) is 0.308. The van der Waals surface area contributed by atoms with Crippen molar-refractivity contribution >= 4 is 13.9 Å². The van der Waals surface area contributed by atoms with Gasteiger partial charge in [-0.3, -0.25) is 0 Å². The Morgan fingerprint density at radius 2 is 1.41 bits per heavy atom. The lowest BCUT2D eigenvalue weighted by Gasteiger charge is -2.32. The minimum Gasteiger partial charge on any atom is -0.489 e. The van der Waals surface area contributed by atoms with Crippen LogP contribution >= 0.6 is 8.58 Å². The normalized spacial score (nSPS) is 13.1. The summed E-state index contributed by atoms with van der Waals surface area (Å²) in [5.74, 6) is 0.760. The highest BCUT2D eigenvalue weighted by Crippen LogP contribution is 2.48. The van der Waals surface area contributed by atoms with E-state index in [4.69, 9.17) is 4.74 Å². The summed E-state index contributed by atoms with van der Waals surface area (Å²) in [5.41, 5.74) is 4.82. The highest BCUT2D eigenvalue weighted by atomic mass is 31.1. The molecule has 1 nitrogen and oxygen atoms in total. The van der Waals surface area contributed by atoms with E-state index >= 15 is 0 Å². The lowest BCUT2D eigenvalue weighted by atomic mass is 9.91. The summed E-state index contributed by atoms with van der Waals surface area (Å²) in [6.07, 6.45) is 2.83. The number of benzene rings is 4. The zero-order chi connectivity index (χ0) is 23.8. The molecular weight excluding hydrogens is 438 g/mol. The number of rotatable bonds is 10. The van der Waals surface area contributed by atoms with E-state index in [1.807, 2.05) is 36.4 Å². The zero-order valence-electron chi connectivity index (χ0n) is 19.9. The third kappa shape index (κ3) is 6.13. The Balaban J connectivity index is 1.72. The Kier molecular flexibility index (Phi) is 8.14. The van der Waals surface area contributed by atoms with Crippen molar-refractivity contribution in [1.29, 1.82) is 0 Å². The monoisotopic (exact) mass is 470 g/mol. The number of halogens is 1. The van der Waals surface area contributed by atoms with Gasteiger partial charge in [-0.05, 0) is 41.7 Å². The summed E-state index contributed by atoms with van der Waals surface area (Å²) in [6, 6.07) is 34.5. The van der Waals surface area contributed by atoms with Crippen molar-refractivity contribution in [1.82, 2.24) is 0 Å². The van der Waals surface area contributed by atoms with Crippen molar-refractivity contribution in [3.8, 4) is 5.75 Å². The van der Waals surface area contributed by atoms with Gasteiger partial charge in [0.25, 0.3) is 0 Å². The molecule has 4 aromatic rings. The molecule has 0 aliphatic carbocycles. The summed E-state index contributed by atoms with van der Waals surface area (Å²) in [5, 5.41) is 0.552. The second kappa shape index (κ2) is 11.4. The molecule has 34 heavy (non-hydrogen) atoms. The van der Waals surface area contributed by atoms with Crippen LogP contribution in [0.3, 0.4) is 0 Å². The van der Waals surface area contributed by atoms with E-state index in [1.54, 1.807) is 12.1 Å². The molecule has 2 unspecified atom stereocenters. The van der Waals surface area contributed by atoms with Crippen molar-refractivity contribution in [3.05, 3.63) is 131 Å². The fourth-order valence-corrected chi connectivity index (χ4v) is 6.12. The summed E-state index contributed by atoms with van der Waals surface area (Å²) < 4.78 is 21.1. The molecule has 0 aliphatic heterocycles. The number of hydrogen-bond acceptors (Lipinski definition) is 1. The summed E-state index contributed by atoms with van der Waals surface area (Å²) >= 11 is 0. The highest BCUT2D eigenvalue weighted by Gasteiger charge is 2.31. The standard InChI is InChI=1S/C31H32FOP/c1-3-20-31(2,34-30-17-11-10-16-28(30)32)27-22-26(21-24-12-6-4-7-13-24)18-19-29(27)33-23-25-14-8-5-9-15-25/h4-19,22,34H,3,20-21,23H2,1-2H3. The van der Waals surface area contributed by atoms with E-state index in [1.165, 1.54) is 16.7 Å². The van der Waals surface area contributed by atoms with Crippen molar-refractivity contribution in [3.63, 3.8) is 0 Å². The van der Waals surface area contributed by atoms with E-state index in [9.17, 15) is 4.39 Å². The molecule has 0 spiro atoms. The zero-order valence-corrected chi connectivity index (χ0v) is 20.9. The van der Waals surface area contributed by atoms with Crippen LogP contribution in [0.1, 0.15) is 48.9 Å². The van der Waals surface area contributed by atoms with Gasteiger partial charge in [-0.2, -0.15) is 0 Å². The first-order valence-corrected chi connectivity index (χ1v) is 12.9. The van der Waals surface area contributed by atoms with Crippen LogP contribution in [0.2, 0.25) is 0 Å². The van der Waals surface area contributed by atoms with E-state index in [0.29, 0.717) is 15.2 Å². The maximum Gasteiger partial charge on any atom is 0.130 e. The van der Waals surface area contributed by atoms with Crippen LogP contribution in [-0.4, -0.2) is 0 Å². The minimum atomic E-state index is -0.227. The topological polar surface area (TPSA) is 9.23 Å². The molecule has 0 aromatic heterocycles. The van der Waals surface area contributed by atoms with Crippen molar-refractivity contribution < 1.29 is 9.13 Å². The highest BCUT2D eigenvalue weighted by molar-refractivity contribution is 7.48. The van der Waals surface area contributed by atoms with Gasteiger partial charge in [-0.15, -0.1) is 0 Å². The molecule has 0 fully saturated rings. The van der Waals surface area contributed by atoms with Gasteiger partial charge in [-0.25, -0.2) is 4.39 Å². The smallest absolute Gasteiger partial charge is 0.130 e. The maximum atomic E-state index is 14.7. The molecule has 2 atom stereocenters. The van der Waals surface area contributed by atoms with Crippen LogP contribution in [0.4, 0.5) is 4.39 Å². The first-order valence-electron chi connectivity index (χ1n) is 11.9. The van der Waals surface area contributed by atoms with Crippen LogP contribution in [0.5, 0.6) is 5.75 Å². The van der Waals surface area contributed by atoms with E-state index in [2.05, 4.69) is 68.4 Å². The molecule has 0 bridgehead atoms. The summed E-state index contributed by atoms with van der Waals surface area (Å²) in [4.78, 5) is 0. The van der Waals surface area contributed by atoms with E-state index < -0.39 is 0 Å². The van der Waals surface area contributed by atoms with Crippen molar-refractivity contribution in [2.24, 2.45) is 0 Å². The van der Waals surface area contributed by atoms with Gasteiger partial charge < -0.3 is 4.74 Å². The van der Waals surface area contributed by atoms with E-state index in [0.717, 1.165) is 35.9 Å². The lowest BCUT2D eigenvalue weighted by molar-refractivity contribution is 0.299. The van der Waals surface area contributed by atoms with Crippen LogP contribution < -0.4 is 10.0 Å². The molecule has 0 radical (unpaired) electrons. The molecule has 0 heterocycles. The molecule has 174 valence electrons. The largest absolute Gasteiger partial charge is 0.489 e. The fraction of sp³-hybridized carbons (Fsp3) is 0.226. The molecule has 0 saturated carbocycles. The molecule has 0 N–H and O–H groups in total. The third-order valence-corrected chi connectivity index (χ3v) is 7.91. The Bertz CT molecular complexity index is 1190. The third-order valence-electron chi connectivity index (χ3n) is 6.16. The van der Waals surface area contributed by atoms with Crippen LogP contribution in [0.15, 0.2) is 103 Å². The quantitative estimate of drug-likeness (QED) is 0.213. The van der Waals surface area contributed by atoms with Gasteiger partial charge in [-0.1, -0.05) is 120 Å². The number of hydrogen-bond donors (Lipinski definition) is 0. The van der Waals surface area contributed by atoms with Crippen LogP contribution in [0.25, 0.3) is 0 Å². The molecular formula is C31H32FOP. The van der Waals surface area contributed by atoms with Gasteiger partial charge in [0.1, 0.15) is 18.2 Å². The first kappa shape index (κ1) is 24.2. The maximum absolute atomic E-state index is 14.7. The van der Waals surface area contributed by atoms with Gasteiger partial charge in [0, 0.05) is 16.0 Å². The first-order chi connectivity index (χ1) is 16.6. The molecule has 0 aliphatic rings. The lowest BCUT2D eigenvalue weighted by Crippen LogP contribution is -2.22. The van der Waals surface area contributed by atoms with Gasteiger partial charge in [0.05, 0.1) is 0 Å². The fourth-order valence-electron chi connectivity index (χ4n) is 4.44. The van der Waals surface area contributed by atoms with Crippen LogP contribution in [0, 0.1) is 5.82 Å². The SMILES string of the molecule is CCCC(C)(Pc1ccccc1F)c1cc(Cc2ccccc2)ccc1OCc1ccccc1. The Morgan fingerprint density at radius 3 is 2.09 bits per heavy atom. The number of ether oxygens (including phenoxy) is 1. The molecule has 0 saturated heterocycles. The molecule has 0 amide bonds. The van der Waals surface area contributed by atoms with Gasteiger partial charge in [0.2, 0.25) is 0 Å². The second-order valence-electron chi connectivity index (χ2n) is 8.95. The molecule has 3 heteroatoms. The Morgan fingerprint density at radius 1 is 0.765 bits per heavy atom. The Labute approximate surface area is 204 Å².